The summed E-state index contributed by atoms with van der Waals surface area (Å²) in [7, 11) is 1.26. The summed E-state index contributed by atoms with van der Waals surface area (Å²) >= 11 is 3.70. The van der Waals surface area contributed by atoms with Crippen LogP contribution in [0, 0.1) is 5.41 Å². The molecule has 4 heterocycles. The highest BCUT2D eigenvalue weighted by Gasteiger charge is 2.54. The van der Waals surface area contributed by atoms with E-state index in [1.165, 1.54) is 47.1 Å². The number of amidine groups is 1. The van der Waals surface area contributed by atoms with Crippen LogP contribution in [-0.2, 0) is 19.2 Å². The van der Waals surface area contributed by atoms with Crippen LogP contribution in [0.25, 0.3) is 0 Å². The minimum absolute atomic E-state index is 0.0269. The number of aromatic nitrogens is 2. The smallest absolute Gasteiger partial charge is 0.352 e. The standard InChI is InChI=1S/C23H25N9O6S3/c1-38-31-15(12-9-41-23(26)29-12)19(34)30-16-20(35)32-17(22(36)37)11(8-40-21(16)32)7-39-14-3-2-10(6-28-14)18(33)27-5-4-13(24)25/h2-3,6,9,16,21H,4-5,7-8H2,1H3,(H3,24,25)(H2,26,29)(H,27,33)(H,30,34)(H,36,37)/b31-15-/t16-,21+/m1/s1. The minimum atomic E-state index is -1.26. The summed E-state index contributed by atoms with van der Waals surface area (Å²) in [6.07, 6.45) is 1.64. The number of carboxylic acid groups (broad SMARTS) is 1. The molecule has 1 fully saturated rings. The molecule has 2 aliphatic rings. The molecule has 0 unspecified atom stereocenters. The molecule has 2 atom stereocenters. The summed E-state index contributed by atoms with van der Waals surface area (Å²) in [6.45, 7) is 0.234. The Hall–Kier alpha value is -4.16. The predicted octanol–water partition coefficient (Wildman–Crippen LogP) is 0.0576. The van der Waals surface area contributed by atoms with Crippen LogP contribution >= 0.6 is 34.9 Å². The van der Waals surface area contributed by atoms with Crippen molar-refractivity contribution in [1.29, 1.82) is 5.41 Å². The van der Waals surface area contributed by atoms with Crippen molar-refractivity contribution >= 4 is 75.2 Å². The second-order valence-corrected chi connectivity index (χ2v) is 11.5. The molecule has 15 nitrogen and oxygen atoms in total. The number of hydrogen-bond acceptors (Lipinski definition) is 13. The van der Waals surface area contributed by atoms with E-state index in [9.17, 15) is 24.3 Å². The zero-order valence-corrected chi connectivity index (χ0v) is 23.9. The molecule has 18 heteroatoms. The molecule has 2 aliphatic heterocycles. The molecule has 0 radical (unpaired) electrons. The van der Waals surface area contributed by atoms with Gasteiger partial charge in [0.25, 0.3) is 17.7 Å². The second kappa shape index (κ2) is 13.0. The first kappa shape index (κ1) is 29.8. The fourth-order valence-electron chi connectivity index (χ4n) is 3.87. The van der Waals surface area contributed by atoms with Gasteiger partial charge in [0, 0.05) is 36.0 Å². The molecule has 0 aliphatic carbocycles. The van der Waals surface area contributed by atoms with Gasteiger partial charge < -0.3 is 32.0 Å². The van der Waals surface area contributed by atoms with Gasteiger partial charge in [0.05, 0.1) is 16.4 Å². The number of carbonyl (C=O) groups is 4. The van der Waals surface area contributed by atoms with Gasteiger partial charge in [0.2, 0.25) is 0 Å². The van der Waals surface area contributed by atoms with E-state index in [2.05, 4.69) is 25.8 Å². The van der Waals surface area contributed by atoms with Crippen LogP contribution in [0.15, 0.2) is 45.2 Å². The molecule has 0 saturated carbocycles. The van der Waals surface area contributed by atoms with Gasteiger partial charge in [0.1, 0.15) is 29.9 Å². The number of anilines is 1. The number of aliphatic carboxylic acids is 1. The number of fused-ring (bicyclic) bond motifs is 1. The van der Waals surface area contributed by atoms with Crippen molar-refractivity contribution in [2.24, 2.45) is 10.9 Å². The Morgan fingerprint density at radius 1 is 1.37 bits per heavy atom. The number of amides is 3. The van der Waals surface area contributed by atoms with E-state index in [0.29, 0.717) is 21.9 Å². The van der Waals surface area contributed by atoms with Crippen molar-refractivity contribution in [3.8, 4) is 0 Å². The number of nitrogens with zero attached hydrogens (tertiary/aromatic N) is 4. The first-order chi connectivity index (χ1) is 19.6. The maximum Gasteiger partial charge on any atom is 0.352 e. The van der Waals surface area contributed by atoms with Crippen molar-refractivity contribution in [2.75, 3.05) is 30.9 Å². The zero-order valence-electron chi connectivity index (χ0n) is 21.4. The Morgan fingerprint density at radius 2 is 2.15 bits per heavy atom. The Morgan fingerprint density at radius 3 is 2.76 bits per heavy atom. The van der Waals surface area contributed by atoms with Gasteiger partial charge in [0.15, 0.2) is 10.8 Å². The second-order valence-electron chi connectivity index (χ2n) is 8.52. The summed E-state index contributed by atoms with van der Waals surface area (Å²) in [5.74, 6) is -2.35. The van der Waals surface area contributed by atoms with E-state index in [0.717, 1.165) is 11.3 Å². The number of oxime groups is 1. The monoisotopic (exact) mass is 619 g/mol. The molecule has 216 valence electrons. The molecule has 8 N–H and O–H groups in total. The molecule has 0 spiro atoms. The van der Waals surface area contributed by atoms with Gasteiger partial charge >= 0.3 is 5.97 Å². The van der Waals surface area contributed by atoms with Crippen molar-refractivity contribution in [1.82, 2.24) is 25.5 Å². The number of nitrogens with two attached hydrogens (primary N) is 2. The molecular weight excluding hydrogens is 595 g/mol. The maximum atomic E-state index is 13.0. The third-order valence-corrected chi connectivity index (χ3v) is 8.81. The Balaban J connectivity index is 1.40. The maximum absolute atomic E-state index is 13.0. The molecule has 4 rings (SSSR count). The molecule has 1 saturated heterocycles. The number of nitrogen functional groups attached to an aromatic ring is 1. The molecule has 2 aromatic heterocycles. The van der Waals surface area contributed by atoms with Crippen LogP contribution in [-0.4, -0.2) is 91.8 Å². The summed E-state index contributed by atoms with van der Waals surface area (Å²) in [5.41, 5.74) is 11.7. The van der Waals surface area contributed by atoms with E-state index in [4.69, 9.17) is 21.7 Å². The largest absolute Gasteiger partial charge is 0.477 e. The normalized spacial score (nSPS) is 18.3. The van der Waals surface area contributed by atoms with E-state index in [1.54, 1.807) is 12.1 Å². The van der Waals surface area contributed by atoms with Crippen molar-refractivity contribution in [3.63, 3.8) is 0 Å². The third kappa shape index (κ3) is 6.77. The van der Waals surface area contributed by atoms with E-state index >= 15 is 0 Å². The fourth-order valence-corrected chi connectivity index (χ4v) is 6.75. The lowest BCUT2D eigenvalue weighted by atomic mass is 10.0. The van der Waals surface area contributed by atoms with Gasteiger partial charge in [-0.05, 0) is 17.7 Å². The minimum Gasteiger partial charge on any atom is -0.477 e. The van der Waals surface area contributed by atoms with Crippen LogP contribution in [0.4, 0.5) is 5.13 Å². The number of carboxylic acids is 1. The molecule has 41 heavy (non-hydrogen) atoms. The summed E-state index contributed by atoms with van der Waals surface area (Å²) < 4.78 is 0. The van der Waals surface area contributed by atoms with E-state index < -0.39 is 29.2 Å². The highest BCUT2D eigenvalue weighted by Crippen LogP contribution is 2.41. The first-order valence-corrected chi connectivity index (χ1v) is 14.8. The van der Waals surface area contributed by atoms with E-state index in [1.807, 2.05) is 0 Å². The van der Waals surface area contributed by atoms with Crippen molar-refractivity contribution in [2.45, 2.75) is 22.9 Å². The van der Waals surface area contributed by atoms with Gasteiger partial charge in [-0.15, -0.1) is 34.9 Å². The summed E-state index contributed by atoms with van der Waals surface area (Å²) in [6, 6.07) is 2.26. The number of thiazole rings is 1. The molecular formula is C23H25N9O6S3. The van der Waals surface area contributed by atoms with Crippen LogP contribution in [0.1, 0.15) is 22.5 Å². The van der Waals surface area contributed by atoms with Crippen LogP contribution in [0.5, 0.6) is 0 Å². The number of rotatable bonds is 12. The zero-order chi connectivity index (χ0) is 29.7. The average molecular weight is 620 g/mol. The highest BCUT2D eigenvalue weighted by molar-refractivity contribution is 8.01. The summed E-state index contributed by atoms with van der Waals surface area (Å²) in [4.78, 5) is 64.5. The SMILES string of the molecule is CO/N=C(\C(=O)N[C@@H]1C(=O)N2C(C(=O)O)=C(CSc3ccc(C(=O)NCCC(=N)N)cn3)CS[C@@H]12)c1csc(N)n1. The Bertz CT molecular complexity index is 1440. The van der Waals surface area contributed by atoms with E-state index in [-0.39, 0.29) is 52.7 Å². The number of hydrogen-bond donors (Lipinski definition) is 6. The quantitative estimate of drug-likeness (QED) is 0.0608. The lowest BCUT2D eigenvalue weighted by molar-refractivity contribution is -0.150. The molecule has 2 aromatic rings. The fraction of sp³-hybridized carbons (Fsp3) is 0.304. The number of pyridine rings is 1. The van der Waals surface area contributed by atoms with Crippen molar-refractivity contribution < 1.29 is 29.1 Å². The topological polar surface area (TPSA) is 239 Å². The van der Waals surface area contributed by atoms with Crippen LogP contribution in [0.2, 0.25) is 0 Å². The lowest BCUT2D eigenvalue weighted by Gasteiger charge is -2.49. The highest BCUT2D eigenvalue weighted by atomic mass is 32.2. The predicted molar refractivity (Wildman–Crippen MR) is 154 cm³/mol. The lowest BCUT2D eigenvalue weighted by Crippen LogP contribution is -2.71. The first-order valence-electron chi connectivity index (χ1n) is 11.8. The van der Waals surface area contributed by atoms with Gasteiger partial charge in [-0.1, -0.05) is 5.16 Å². The number of thioether (sulfide) groups is 2. The third-order valence-electron chi connectivity index (χ3n) is 5.77. The van der Waals surface area contributed by atoms with Gasteiger partial charge in [-0.3, -0.25) is 24.7 Å². The van der Waals surface area contributed by atoms with Crippen LogP contribution < -0.4 is 22.1 Å². The molecule has 3 amide bonds. The Kier molecular flexibility index (Phi) is 9.46. The van der Waals surface area contributed by atoms with Crippen molar-refractivity contribution in [3.05, 3.63) is 46.2 Å². The van der Waals surface area contributed by atoms with Crippen LogP contribution in [0.3, 0.4) is 0 Å². The number of carbonyl (C=O) groups excluding carboxylic acids is 3. The number of nitrogens with one attached hydrogen (secondary N) is 3. The number of β-lactam (4-membered cyclic amide) rings is 1. The Labute approximate surface area is 245 Å². The molecule has 0 bridgehead atoms. The summed E-state index contributed by atoms with van der Waals surface area (Å²) in [5, 5.41) is 27.8. The van der Waals surface area contributed by atoms with Gasteiger partial charge in [-0.25, -0.2) is 14.8 Å². The molecule has 0 aromatic carbocycles. The van der Waals surface area contributed by atoms with Gasteiger partial charge in [-0.2, -0.15) is 0 Å². The average Bonchev–Trinajstić information content (AvgIpc) is 3.38.